The minimum Gasteiger partial charge on any atom is -0.370 e. The number of primary amides is 1. The van der Waals surface area contributed by atoms with Crippen LogP contribution in [0.4, 0.5) is 0 Å². The lowest BCUT2D eigenvalue weighted by Crippen LogP contribution is -2.38. The molecular formula is C8H13BrN2O2. The fourth-order valence-corrected chi connectivity index (χ4v) is 1.97. The first-order valence-electron chi connectivity index (χ1n) is 4.25. The highest BCUT2D eigenvalue weighted by Crippen LogP contribution is 2.21. The van der Waals surface area contributed by atoms with Gasteiger partial charge >= 0.3 is 0 Å². The molecule has 0 aromatic carbocycles. The standard InChI is InChI=1S/C8H13BrN2O2/c1-5(4-7(10)12)11-3-2-6(9)8(11)13/h5-6H,2-4H2,1H3,(H2,10,12). The van der Waals surface area contributed by atoms with E-state index in [1.54, 1.807) is 4.90 Å². The molecule has 74 valence electrons. The SMILES string of the molecule is CC(CC(N)=O)N1CCC(Br)C1=O. The number of likely N-dealkylation sites (tertiary alicyclic amines) is 1. The van der Waals surface area contributed by atoms with Crippen LogP contribution >= 0.6 is 15.9 Å². The Bertz CT molecular complexity index is 232. The molecular weight excluding hydrogens is 236 g/mol. The number of carbonyl (C=O) groups excluding carboxylic acids is 2. The quantitative estimate of drug-likeness (QED) is 0.728. The Balaban J connectivity index is 2.53. The van der Waals surface area contributed by atoms with Crippen LogP contribution < -0.4 is 5.73 Å². The van der Waals surface area contributed by atoms with E-state index in [0.717, 1.165) is 6.42 Å². The van der Waals surface area contributed by atoms with Crippen molar-refractivity contribution < 1.29 is 9.59 Å². The Morgan fingerprint density at radius 1 is 1.85 bits per heavy atom. The second-order valence-corrected chi connectivity index (χ2v) is 4.41. The first kappa shape index (κ1) is 10.5. The normalized spacial score (nSPS) is 24.9. The van der Waals surface area contributed by atoms with E-state index in [2.05, 4.69) is 15.9 Å². The molecule has 0 radical (unpaired) electrons. The molecule has 0 saturated carbocycles. The van der Waals surface area contributed by atoms with Crippen molar-refractivity contribution in [3.63, 3.8) is 0 Å². The summed E-state index contributed by atoms with van der Waals surface area (Å²) >= 11 is 3.27. The smallest absolute Gasteiger partial charge is 0.236 e. The number of hydrogen-bond donors (Lipinski definition) is 1. The number of alkyl halides is 1. The molecule has 0 aromatic heterocycles. The molecule has 0 aliphatic carbocycles. The second kappa shape index (κ2) is 4.09. The molecule has 1 aliphatic rings. The maximum atomic E-state index is 11.5. The topological polar surface area (TPSA) is 63.4 Å². The number of halogens is 1. The average Bonchev–Trinajstić information content (AvgIpc) is 2.31. The molecule has 0 bridgehead atoms. The maximum Gasteiger partial charge on any atom is 0.236 e. The Kier molecular flexibility index (Phi) is 3.30. The molecule has 2 amide bonds. The number of nitrogens with zero attached hydrogens (tertiary/aromatic N) is 1. The van der Waals surface area contributed by atoms with Crippen LogP contribution in [0.3, 0.4) is 0 Å². The summed E-state index contributed by atoms with van der Waals surface area (Å²) in [5.41, 5.74) is 5.05. The summed E-state index contributed by atoms with van der Waals surface area (Å²) in [6.45, 7) is 2.55. The Morgan fingerprint density at radius 2 is 2.46 bits per heavy atom. The van der Waals surface area contributed by atoms with Crippen LogP contribution in [-0.4, -0.2) is 34.1 Å². The van der Waals surface area contributed by atoms with Gasteiger partial charge in [0.15, 0.2) is 0 Å². The zero-order valence-corrected chi connectivity index (χ0v) is 9.08. The summed E-state index contributed by atoms with van der Waals surface area (Å²) in [4.78, 5) is 23.7. The van der Waals surface area contributed by atoms with E-state index in [-0.39, 0.29) is 29.1 Å². The summed E-state index contributed by atoms with van der Waals surface area (Å²) in [6.07, 6.45) is 1.05. The van der Waals surface area contributed by atoms with Crippen LogP contribution in [0.5, 0.6) is 0 Å². The van der Waals surface area contributed by atoms with E-state index >= 15 is 0 Å². The van der Waals surface area contributed by atoms with Crippen molar-refractivity contribution in [3.8, 4) is 0 Å². The van der Waals surface area contributed by atoms with Gasteiger partial charge in [0.2, 0.25) is 11.8 Å². The van der Waals surface area contributed by atoms with Gasteiger partial charge in [-0.2, -0.15) is 0 Å². The van der Waals surface area contributed by atoms with Gasteiger partial charge in [0.25, 0.3) is 0 Å². The molecule has 0 aromatic rings. The summed E-state index contributed by atoms with van der Waals surface area (Å²) in [7, 11) is 0. The van der Waals surface area contributed by atoms with Crippen LogP contribution in [0.1, 0.15) is 19.8 Å². The van der Waals surface area contributed by atoms with E-state index in [1.165, 1.54) is 0 Å². The molecule has 1 fully saturated rings. The van der Waals surface area contributed by atoms with Gasteiger partial charge in [-0.05, 0) is 13.3 Å². The van der Waals surface area contributed by atoms with E-state index < -0.39 is 0 Å². The lowest BCUT2D eigenvalue weighted by molar-refractivity contribution is -0.129. The zero-order valence-electron chi connectivity index (χ0n) is 7.50. The van der Waals surface area contributed by atoms with Crippen molar-refractivity contribution in [3.05, 3.63) is 0 Å². The van der Waals surface area contributed by atoms with Gasteiger partial charge < -0.3 is 10.6 Å². The minimum atomic E-state index is -0.363. The van der Waals surface area contributed by atoms with Gasteiger partial charge in [-0.25, -0.2) is 0 Å². The maximum absolute atomic E-state index is 11.5. The first-order valence-corrected chi connectivity index (χ1v) is 5.16. The number of carbonyl (C=O) groups is 2. The van der Waals surface area contributed by atoms with Crippen molar-refractivity contribution in [1.29, 1.82) is 0 Å². The molecule has 1 aliphatic heterocycles. The third kappa shape index (κ3) is 2.43. The van der Waals surface area contributed by atoms with Crippen LogP contribution in [0.15, 0.2) is 0 Å². The van der Waals surface area contributed by atoms with Gasteiger partial charge in [-0.15, -0.1) is 0 Å². The highest BCUT2D eigenvalue weighted by atomic mass is 79.9. The zero-order chi connectivity index (χ0) is 10.0. The van der Waals surface area contributed by atoms with E-state index in [0.29, 0.717) is 6.54 Å². The van der Waals surface area contributed by atoms with Gasteiger partial charge in [-0.3, -0.25) is 9.59 Å². The number of rotatable bonds is 3. The Hall–Kier alpha value is -0.580. The fraction of sp³-hybridized carbons (Fsp3) is 0.750. The molecule has 2 N–H and O–H groups in total. The molecule has 1 saturated heterocycles. The number of amides is 2. The van der Waals surface area contributed by atoms with Crippen LogP contribution in [0.25, 0.3) is 0 Å². The Morgan fingerprint density at radius 3 is 2.85 bits per heavy atom. The second-order valence-electron chi connectivity index (χ2n) is 3.31. The molecule has 2 unspecified atom stereocenters. The van der Waals surface area contributed by atoms with Crippen LogP contribution in [0.2, 0.25) is 0 Å². The van der Waals surface area contributed by atoms with Crippen molar-refractivity contribution in [1.82, 2.24) is 4.90 Å². The van der Waals surface area contributed by atoms with Crippen molar-refractivity contribution in [2.24, 2.45) is 5.73 Å². The fourth-order valence-electron chi connectivity index (χ4n) is 1.50. The van der Waals surface area contributed by atoms with Crippen LogP contribution in [0, 0.1) is 0 Å². The van der Waals surface area contributed by atoms with E-state index in [1.807, 2.05) is 6.92 Å². The third-order valence-electron chi connectivity index (χ3n) is 2.20. The summed E-state index contributed by atoms with van der Waals surface area (Å²) in [5.74, 6) is -0.299. The molecule has 4 nitrogen and oxygen atoms in total. The summed E-state index contributed by atoms with van der Waals surface area (Å²) in [6, 6.07) is -0.0763. The first-order chi connectivity index (χ1) is 6.02. The summed E-state index contributed by atoms with van der Waals surface area (Å²) in [5, 5.41) is 0. The number of nitrogens with two attached hydrogens (primary N) is 1. The van der Waals surface area contributed by atoms with Crippen LogP contribution in [-0.2, 0) is 9.59 Å². The molecule has 1 rings (SSSR count). The van der Waals surface area contributed by atoms with Gasteiger partial charge in [0, 0.05) is 19.0 Å². The largest absolute Gasteiger partial charge is 0.370 e. The minimum absolute atomic E-state index is 0.0637. The lowest BCUT2D eigenvalue weighted by Gasteiger charge is -2.23. The van der Waals surface area contributed by atoms with Crippen molar-refractivity contribution in [2.75, 3.05) is 6.54 Å². The van der Waals surface area contributed by atoms with Gasteiger partial charge in [0.1, 0.15) is 0 Å². The molecule has 13 heavy (non-hydrogen) atoms. The highest BCUT2D eigenvalue weighted by molar-refractivity contribution is 9.10. The average molecular weight is 249 g/mol. The summed E-state index contributed by atoms with van der Waals surface area (Å²) < 4.78 is 0. The molecule has 2 atom stereocenters. The van der Waals surface area contributed by atoms with Gasteiger partial charge in [-0.1, -0.05) is 15.9 Å². The Labute approximate surface area is 85.6 Å². The third-order valence-corrected chi connectivity index (χ3v) is 3.05. The predicted octanol–water partition coefficient (Wildman–Crippen LogP) is 0.246. The highest BCUT2D eigenvalue weighted by Gasteiger charge is 2.32. The number of hydrogen-bond acceptors (Lipinski definition) is 2. The van der Waals surface area contributed by atoms with E-state index in [9.17, 15) is 9.59 Å². The van der Waals surface area contributed by atoms with Crippen molar-refractivity contribution in [2.45, 2.75) is 30.6 Å². The van der Waals surface area contributed by atoms with Gasteiger partial charge in [0.05, 0.1) is 4.83 Å². The monoisotopic (exact) mass is 248 g/mol. The molecule has 0 spiro atoms. The lowest BCUT2D eigenvalue weighted by atomic mass is 10.2. The van der Waals surface area contributed by atoms with E-state index in [4.69, 9.17) is 5.73 Å². The van der Waals surface area contributed by atoms with Crippen molar-refractivity contribution >= 4 is 27.7 Å². The predicted molar refractivity (Wildman–Crippen MR) is 52.3 cm³/mol. The molecule has 1 heterocycles. The molecule has 5 heteroatoms.